The van der Waals surface area contributed by atoms with E-state index >= 15 is 0 Å². The minimum absolute atomic E-state index is 0.0631. The van der Waals surface area contributed by atoms with Crippen molar-refractivity contribution in [2.45, 2.75) is 50.2 Å². The SMILES string of the molecule is COC1CN(C(=NCC2CCN(C)C2)c2cnc(-c3[nH]ncc3NC(=O)N3CCCCC34CC4)cc2N)C1. The molecule has 11 nitrogen and oxygen atoms in total. The highest BCUT2D eigenvalue weighted by atomic mass is 16.5. The van der Waals surface area contributed by atoms with Gasteiger partial charge < -0.3 is 30.5 Å². The Bertz CT molecular complexity index is 1200. The van der Waals surface area contributed by atoms with Crippen LogP contribution in [-0.2, 0) is 4.74 Å². The van der Waals surface area contributed by atoms with Gasteiger partial charge in [-0.2, -0.15) is 5.10 Å². The van der Waals surface area contributed by atoms with Gasteiger partial charge in [-0.3, -0.25) is 15.1 Å². The fourth-order valence-corrected chi connectivity index (χ4v) is 6.14. The summed E-state index contributed by atoms with van der Waals surface area (Å²) in [6, 6.07) is 1.78. The molecule has 11 heteroatoms. The van der Waals surface area contributed by atoms with E-state index in [-0.39, 0.29) is 17.7 Å². The number of ether oxygens (including phenoxy) is 1. The summed E-state index contributed by atoms with van der Waals surface area (Å²) in [4.78, 5) is 29.5. The number of aromatic nitrogens is 3. The number of hydrogen-bond donors (Lipinski definition) is 3. The van der Waals surface area contributed by atoms with E-state index in [0.717, 1.165) is 82.8 Å². The molecule has 0 bridgehead atoms. The summed E-state index contributed by atoms with van der Waals surface area (Å²) >= 11 is 0. The van der Waals surface area contributed by atoms with Gasteiger partial charge in [-0.25, -0.2) is 4.79 Å². The van der Waals surface area contributed by atoms with Gasteiger partial charge in [0, 0.05) is 57.3 Å². The van der Waals surface area contributed by atoms with Gasteiger partial charge in [-0.05, 0) is 64.1 Å². The number of piperidine rings is 1. The van der Waals surface area contributed by atoms with Crippen LogP contribution in [-0.4, -0.2) is 107 Å². The lowest BCUT2D eigenvalue weighted by Crippen LogP contribution is -2.54. The van der Waals surface area contributed by atoms with E-state index in [1.807, 2.05) is 11.0 Å². The van der Waals surface area contributed by atoms with Crippen molar-refractivity contribution in [3.8, 4) is 11.4 Å². The van der Waals surface area contributed by atoms with Crippen molar-refractivity contribution in [1.82, 2.24) is 29.9 Å². The lowest BCUT2D eigenvalue weighted by atomic mass is 10.0. The van der Waals surface area contributed by atoms with E-state index in [0.29, 0.717) is 28.7 Å². The van der Waals surface area contributed by atoms with Crippen LogP contribution < -0.4 is 11.1 Å². The summed E-state index contributed by atoms with van der Waals surface area (Å²) in [5, 5.41) is 10.3. The number of amides is 2. The summed E-state index contributed by atoms with van der Waals surface area (Å²) in [6.07, 6.45) is 10.3. The maximum Gasteiger partial charge on any atom is 0.322 e. The number of nitrogens with two attached hydrogens (primary N) is 1. The number of amidine groups is 1. The van der Waals surface area contributed by atoms with Gasteiger partial charge in [0.15, 0.2) is 0 Å². The Morgan fingerprint density at radius 3 is 2.79 bits per heavy atom. The minimum atomic E-state index is -0.0631. The van der Waals surface area contributed by atoms with Crippen molar-refractivity contribution in [3.05, 3.63) is 24.0 Å². The average molecular weight is 522 g/mol. The Labute approximate surface area is 223 Å². The fraction of sp³-hybridized carbons (Fsp3) is 0.630. The molecule has 4 aliphatic rings. The number of hydrogen-bond acceptors (Lipinski definition) is 7. The third kappa shape index (κ3) is 4.84. The van der Waals surface area contributed by atoms with Gasteiger partial charge in [-0.1, -0.05) is 0 Å². The molecule has 5 heterocycles. The number of aliphatic imine (C=N–C) groups is 1. The smallest absolute Gasteiger partial charge is 0.322 e. The number of methoxy groups -OCH3 is 1. The molecule has 6 rings (SSSR count). The van der Waals surface area contributed by atoms with Crippen molar-refractivity contribution in [1.29, 1.82) is 0 Å². The number of aromatic amines is 1. The van der Waals surface area contributed by atoms with E-state index in [1.54, 1.807) is 19.5 Å². The number of likely N-dealkylation sites (tertiary alicyclic amines) is 3. The molecule has 1 spiro atoms. The summed E-state index contributed by atoms with van der Waals surface area (Å²) in [5.41, 5.74) is 9.99. The van der Waals surface area contributed by atoms with E-state index in [1.165, 1.54) is 6.42 Å². The first kappa shape index (κ1) is 25.1. The number of anilines is 2. The number of carbonyl (C=O) groups is 1. The molecular weight excluding hydrogens is 482 g/mol. The zero-order valence-electron chi connectivity index (χ0n) is 22.4. The molecule has 204 valence electrons. The maximum absolute atomic E-state index is 13.2. The molecule has 3 aliphatic heterocycles. The van der Waals surface area contributed by atoms with Crippen LogP contribution in [0.2, 0.25) is 0 Å². The predicted octanol–water partition coefficient (Wildman–Crippen LogP) is 2.63. The summed E-state index contributed by atoms with van der Waals surface area (Å²) in [6.45, 7) is 5.33. The first-order chi connectivity index (χ1) is 18.5. The van der Waals surface area contributed by atoms with E-state index < -0.39 is 0 Å². The second-order valence-electron chi connectivity index (χ2n) is 11.4. The standard InChI is InChI=1S/C27H39N9O2/c1-34-10-5-18(15-34)12-30-25(35-16-19(17-35)38-2)20-13-29-22(11-21(20)28)24-23(14-31-33-24)32-26(37)36-9-4-3-6-27(36)7-8-27/h11,13-14,18-19H,3-10,12,15-17H2,1-2H3,(H2,28,29)(H,31,33)(H,32,37). The maximum atomic E-state index is 13.2. The van der Waals surface area contributed by atoms with Crippen molar-refractivity contribution in [2.24, 2.45) is 10.9 Å². The van der Waals surface area contributed by atoms with Gasteiger partial charge in [0.05, 0.1) is 29.2 Å². The van der Waals surface area contributed by atoms with Gasteiger partial charge in [0.1, 0.15) is 11.5 Å². The molecule has 38 heavy (non-hydrogen) atoms. The molecular formula is C27H39N9O2. The van der Waals surface area contributed by atoms with Crippen LogP contribution >= 0.6 is 0 Å². The van der Waals surface area contributed by atoms with Crippen LogP contribution in [0.1, 0.15) is 44.1 Å². The zero-order chi connectivity index (χ0) is 26.3. The number of rotatable bonds is 6. The Morgan fingerprint density at radius 2 is 2.08 bits per heavy atom. The highest BCUT2D eigenvalue weighted by Gasteiger charge is 2.51. The first-order valence-corrected chi connectivity index (χ1v) is 13.8. The van der Waals surface area contributed by atoms with Crippen molar-refractivity contribution in [3.63, 3.8) is 0 Å². The van der Waals surface area contributed by atoms with Gasteiger partial charge in [0.2, 0.25) is 0 Å². The number of nitrogens with one attached hydrogen (secondary N) is 2. The van der Waals surface area contributed by atoms with Crippen molar-refractivity contribution < 1.29 is 9.53 Å². The second kappa shape index (κ2) is 10.2. The third-order valence-corrected chi connectivity index (χ3v) is 8.70. The van der Waals surface area contributed by atoms with Crippen LogP contribution in [0, 0.1) is 5.92 Å². The number of urea groups is 1. The largest absolute Gasteiger partial charge is 0.398 e. The lowest BCUT2D eigenvalue weighted by molar-refractivity contribution is 0.00597. The van der Waals surface area contributed by atoms with Crippen LogP contribution in [0.15, 0.2) is 23.5 Å². The zero-order valence-corrected chi connectivity index (χ0v) is 22.4. The van der Waals surface area contributed by atoms with E-state index in [2.05, 4.69) is 32.4 Å². The number of H-pyrrole nitrogens is 1. The van der Waals surface area contributed by atoms with Crippen LogP contribution in [0.5, 0.6) is 0 Å². The molecule has 1 atom stereocenters. The Morgan fingerprint density at radius 1 is 1.24 bits per heavy atom. The van der Waals surface area contributed by atoms with Crippen molar-refractivity contribution >= 4 is 23.2 Å². The molecule has 1 unspecified atom stereocenters. The molecule has 0 aromatic carbocycles. The molecule has 4 fully saturated rings. The molecule has 2 amide bonds. The second-order valence-corrected chi connectivity index (χ2v) is 11.4. The first-order valence-electron chi connectivity index (χ1n) is 13.8. The molecule has 2 aromatic rings. The average Bonchev–Trinajstić information content (AvgIpc) is 3.28. The Hall–Kier alpha value is -3.18. The highest BCUT2D eigenvalue weighted by Crippen LogP contribution is 2.48. The Balaban J connectivity index is 1.21. The van der Waals surface area contributed by atoms with Crippen LogP contribution in [0.25, 0.3) is 11.4 Å². The molecule has 0 radical (unpaired) electrons. The summed E-state index contributed by atoms with van der Waals surface area (Å²) < 4.78 is 5.50. The number of pyridine rings is 1. The normalized spacial score (nSPS) is 23.6. The monoisotopic (exact) mass is 521 g/mol. The highest BCUT2D eigenvalue weighted by molar-refractivity contribution is 6.04. The molecule has 2 aromatic heterocycles. The van der Waals surface area contributed by atoms with E-state index in [9.17, 15) is 4.79 Å². The quantitative estimate of drug-likeness (QED) is 0.394. The predicted molar refractivity (Wildman–Crippen MR) is 147 cm³/mol. The molecule has 1 saturated carbocycles. The van der Waals surface area contributed by atoms with Gasteiger partial charge in [-0.15, -0.1) is 0 Å². The van der Waals surface area contributed by atoms with Gasteiger partial charge in [0.25, 0.3) is 0 Å². The topological polar surface area (TPSA) is 128 Å². The van der Waals surface area contributed by atoms with Crippen LogP contribution in [0.4, 0.5) is 16.2 Å². The van der Waals surface area contributed by atoms with Crippen molar-refractivity contribution in [2.75, 3.05) is 64.5 Å². The summed E-state index contributed by atoms with van der Waals surface area (Å²) in [5.74, 6) is 1.43. The molecule has 1 aliphatic carbocycles. The summed E-state index contributed by atoms with van der Waals surface area (Å²) in [7, 11) is 3.90. The van der Waals surface area contributed by atoms with Gasteiger partial charge >= 0.3 is 6.03 Å². The van der Waals surface area contributed by atoms with Crippen LogP contribution in [0.3, 0.4) is 0 Å². The minimum Gasteiger partial charge on any atom is -0.398 e. The Kier molecular flexibility index (Phi) is 6.73. The lowest BCUT2D eigenvalue weighted by Gasteiger charge is -2.40. The number of nitrogens with zero attached hydrogens (tertiary/aromatic N) is 6. The third-order valence-electron chi connectivity index (χ3n) is 8.70. The molecule has 3 saturated heterocycles. The fourth-order valence-electron chi connectivity index (χ4n) is 6.14. The molecule has 4 N–H and O–H groups in total. The number of carbonyl (C=O) groups excluding carboxylic acids is 1. The van der Waals surface area contributed by atoms with E-state index in [4.69, 9.17) is 20.4 Å². The number of nitrogen functional groups attached to an aromatic ring is 1.